The SMILES string of the molecule is CCC1(C)C(=O)NC(=O)N1Cc1ccc(Cl)cc1Cl. The summed E-state index contributed by atoms with van der Waals surface area (Å²) in [6.07, 6.45) is 0.537. The molecule has 1 unspecified atom stereocenters. The minimum absolute atomic E-state index is 0.273. The van der Waals surface area contributed by atoms with Crippen molar-refractivity contribution in [3.8, 4) is 0 Å². The van der Waals surface area contributed by atoms with Gasteiger partial charge in [-0.1, -0.05) is 36.2 Å². The summed E-state index contributed by atoms with van der Waals surface area (Å²) in [6.45, 7) is 3.89. The minimum atomic E-state index is -0.833. The molecule has 4 nitrogen and oxygen atoms in total. The highest BCUT2D eigenvalue weighted by Gasteiger charge is 2.47. The average Bonchev–Trinajstić information content (AvgIpc) is 2.56. The molecule has 0 saturated carbocycles. The quantitative estimate of drug-likeness (QED) is 0.872. The maximum Gasteiger partial charge on any atom is 0.325 e. The number of imide groups is 1. The summed E-state index contributed by atoms with van der Waals surface area (Å²) < 4.78 is 0. The van der Waals surface area contributed by atoms with Crippen molar-refractivity contribution in [3.63, 3.8) is 0 Å². The molecule has 3 amide bonds. The number of nitrogens with one attached hydrogen (secondary N) is 1. The van der Waals surface area contributed by atoms with E-state index in [0.29, 0.717) is 16.5 Å². The highest BCUT2D eigenvalue weighted by molar-refractivity contribution is 6.35. The minimum Gasteiger partial charge on any atom is -0.306 e. The van der Waals surface area contributed by atoms with E-state index in [2.05, 4.69) is 5.32 Å². The van der Waals surface area contributed by atoms with Crippen molar-refractivity contribution in [1.29, 1.82) is 0 Å². The number of halogens is 2. The normalized spacial score (nSPS) is 22.8. The molecule has 6 heteroatoms. The first-order valence-electron chi connectivity index (χ1n) is 5.95. The first-order valence-corrected chi connectivity index (χ1v) is 6.71. The van der Waals surface area contributed by atoms with Crippen LogP contribution in [-0.4, -0.2) is 22.4 Å². The molecule has 19 heavy (non-hydrogen) atoms. The van der Waals surface area contributed by atoms with Gasteiger partial charge in [0, 0.05) is 16.6 Å². The monoisotopic (exact) mass is 300 g/mol. The number of carbonyl (C=O) groups is 2. The number of hydrogen-bond acceptors (Lipinski definition) is 2. The van der Waals surface area contributed by atoms with Crippen molar-refractivity contribution in [2.45, 2.75) is 32.4 Å². The van der Waals surface area contributed by atoms with E-state index in [0.717, 1.165) is 5.56 Å². The molecule has 1 saturated heterocycles. The second-order valence-corrected chi connectivity index (χ2v) is 5.55. The molecule has 1 aromatic rings. The van der Waals surface area contributed by atoms with Crippen molar-refractivity contribution in [2.24, 2.45) is 0 Å². The number of benzene rings is 1. The molecule has 0 aromatic heterocycles. The van der Waals surface area contributed by atoms with Gasteiger partial charge in [0.25, 0.3) is 5.91 Å². The lowest BCUT2D eigenvalue weighted by Crippen LogP contribution is -2.46. The van der Waals surface area contributed by atoms with E-state index in [1.54, 1.807) is 25.1 Å². The second kappa shape index (κ2) is 5.02. The fraction of sp³-hybridized carbons (Fsp3) is 0.385. The molecule has 1 aromatic carbocycles. The molecule has 1 heterocycles. The van der Waals surface area contributed by atoms with Gasteiger partial charge in [0.15, 0.2) is 0 Å². The molecule has 0 aliphatic carbocycles. The third-order valence-corrected chi connectivity index (χ3v) is 4.17. The van der Waals surface area contributed by atoms with E-state index in [1.165, 1.54) is 4.90 Å². The number of rotatable bonds is 3. The maximum absolute atomic E-state index is 11.9. The highest BCUT2D eigenvalue weighted by atomic mass is 35.5. The summed E-state index contributed by atoms with van der Waals surface area (Å²) in [4.78, 5) is 25.2. The van der Waals surface area contributed by atoms with E-state index in [1.807, 2.05) is 6.92 Å². The van der Waals surface area contributed by atoms with Gasteiger partial charge in [-0.2, -0.15) is 0 Å². The van der Waals surface area contributed by atoms with Crippen LogP contribution < -0.4 is 5.32 Å². The molecular weight excluding hydrogens is 287 g/mol. The van der Waals surface area contributed by atoms with Crippen molar-refractivity contribution < 1.29 is 9.59 Å². The summed E-state index contributed by atoms with van der Waals surface area (Å²) >= 11 is 11.9. The van der Waals surface area contributed by atoms with Crippen LogP contribution in [0, 0.1) is 0 Å². The number of amides is 3. The van der Waals surface area contributed by atoms with Crippen molar-refractivity contribution >= 4 is 35.1 Å². The third-order valence-electron chi connectivity index (χ3n) is 3.58. The zero-order valence-corrected chi connectivity index (χ0v) is 12.2. The molecule has 2 rings (SSSR count). The molecule has 1 aliphatic heterocycles. The van der Waals surface area contributed by atoms with Gasteiger partial charge >= 0.3 is 6.03 Å². The molecule has 0 radical (unpaired) electrons. The van der Waals surface area contributed by atoms with Gasteiger partial charge in [0.1, 0.15) is 5.54 Å². The van der Waals surface area contributed by atoms with E-state index in [9.17, 15) is 9.59 Å². The predicted octanol–water partition coefficient (Wildman–Crippen LogP) is 3.21. The van der Waals surface area contributed by atoms with Gasteiger partial charge in [-0.25, -0.2) is 4.79 Å². The Morgan fingerprint density at radius 1 is 1.32 bits per heavy atom. The van der Waals surface area contributed by atoms with Crippen LogP contribution in [0.1, 0.15) is 25.8 Å². The molecule has 1 fully saturated rings. The molecule has 0 bridgehead atoms. The summed E-state index contributed by atoms with van der Waals surface area (Å²) in [5.74, 6) is -0.273. The van der Waals surface area contributed by atoms with Crippen LogP contribution >= 0.6 is 23.2 Å². The standard InChI is InChI=1S/C13H14Cl2N2O2/c1-3-13(2)11(18)16-12(19)17(13)7-8-4-5-9(14)6-10(8)15/h4-6H,3,7H2,1-2H3,(H,16,18,19). The fourth-order valence-electron chi connectivity index (χ4n) is 2.06. The predicted molar refractivity (Wildman–Crippen MR) is 74.2 cm³/mol. The Balaban J connectivity index is 2.31. The first kappa shape index (κ1) is 14.2. The van der Waals surface area contributed by atoms with Crippen LogP contribution in [0.3, 0.4) is 0 Å². The highest BCUT2D eigenvalue weighted by Crippen LogP contribution is 2.30. The van der Waals surface area contributed by atoms with Gasteiger partial charge in [-0.05, 0) is 31.0 Å². The van der Waals surface area contributed by atoms with Crippen molar-refractivity contribution in [2.75, 3.05) is 0 Å². The maximum atomic E-state index is 11.9. The van der Waals surface area contributed by atoms with Crippen LogP contribution in [0.2, 0.25) is 10.0 Å². The smallest absolute Gasteiger partial charge is 0.306 e. The molecule has 102 valence electrons. The molecule has 1 aliphatic rings. The van der Waals surface area contributed by atoms with Crippen LogP contribution in [0.15, 0.2) is 18.2 Å². The molecule has 0 spiro atoms. The second-order valence-electron chi connectivity index (χ2n) is 4.71. The van der Waals surface area contributed by atoms with Crippen LogP contribution in [0.4, 0.5) is 4.79 Å². The number of hydrogen-bond donors (Lipinski definition) is 1. The van der Waals surface area contributed by atoms with Crippen LogP contribution in [0.25, 0.3) is 0 Å². The Morgan fingerprint density at radius 2 is 2.00 bits per heavy atom. The van der Waals surface area contributed by atoms with E-state index < -0.39 is 5.54 Å². The van der Waals surface area contributed by atoms with Gasteiger partial charge in [-0.15, -0.1) is 0 Å². The van der Waals surface area contributed by atoms with Gasteiger partial charge < -0.3 is 4.90 Å². The van der Waals surface area contributed by atoms with E-state index >= 15 is 0 Å². The molecule has 1 N–H and O–H groups in total. The lowest BCUT2D eigenvalue weighted by atomic mass is 9.97. The van der Waals surface area contributed by atoms with Crippen LogP contribution in [-0.2, 0) is 11.3 Å². The van der Waals surface area contributed by atoms with Crippen molar-refractivity contribution in [1.82, 2.24) is 10.2 Å². The Bertz CT molecular complexity index is 547. The van der Waals surface area contributed by atoms with E-state index in [-0.39, 0.29) is 18.5 Å². The summed E-state index contributed by atoms with van der Waals surface area (Å²) in [7, 11) is 0. The summed E-state index contributed by atoms with van der Waals surface area (Å²) in [5.41, 5.74) is -0.0735. The lowest BCUT2D eigenvalue weighted by molar-refractivity contribution is -0.126. The van der Waals surface area contributed by atoms with Gasteiger partial charge in [0.2, 0.25) is 0 Å². The fourth-order valence-corrected chi connectivity index (χ4v) is 2.53. The summed E-state index contributed by atoms with van der Waals surface area (Å²) in [5, 5.41) is 3.36. The van der Waals surface area contributed by atoms with E-state index in [4.69, 9.17) is 23.2 Å². The lowest BCUT2D eigenvalue weighted by Gasteiger charge is -2.31. The third kappa shape index (κ3) is 2.42. The topological polar surface area (TPSA) is 49.4 Å². The Labute approximate surface area is 121 Å². The zero-order chi connectivity index (χ0) is 14.2. The molecule has 1 atom stereocenters. The van der Waals surface area contributed by atoms with Gasteiger partial charge in [0.05, 0.1) is 0 Å². The summed E-state index contributed by atoms with van der Waals surface area (Å²) in [6, 6.07) is 4.70. The van der Waals surface area contributed by atoms with Crippen molar-refractivity contribution in [3.05, 3.63) is 33.8 Å². The van der Waals surface area contributed by atoms with Crippen LogP contribution in [0.5, 0.6) is 0 Å². The molecular formula is C13H14Cl2N2O2. The average molecular weight is 301 g/mol. The Hall–Kier alpha value is -1.26. The number of nitrogens with zero attached hydrogens (tertiary/aromatic N) is 1. The number of carbonyl (C=O) groups excluding carboxylic acids is 2. The zero-order valence-electron chi connectivity index (χ0n) is 10.7. The van der Waals surface area contributed by atoms with Gasteiger partial charge in [-0.3, -0.25) is 10.1 Å². The number of urea groups is 1. The largest absolute Gasteiger partial charge is 0.325 e. The Kier molecular flexibility index (Phi) is 3.74. The first-order chi connectivity index (χ1) is 8.88. The Morgan fingerprint density at radius 3 is 2.58 bits per heavy atom.